The fourth-order valence-corrected chi connectivity index (χ4v) is 4.38. The van der Waals surface area contributed by atoms with Crippen LogP contribution in [0.4, 0.5) is 4.39 Å². The highest BCUT2D eigenvalue weighted by Crippen LogP contribution is 2.41. The predicted molar refractivity (Wildman–Crippen MR) is 104 cm³/mol. The highest BCUT2D eigenvalue weighted by Gasteiger charge is 2.46. The van der Waals surface area contributed by atoms with Gasteiger partial charge in [-0.05, 0) is 56.5 Å². The Labute approximate surface area is 156 Å². The number of nitrogens with one attached hydrogen (secondary N) is 1. The maximum atomic E-state index is 14.2. The van der Waals surface area contributed by atoms with Gasteiger partial charge in [-0.1, -0.05) is 36.4 Å². The third kappa shape index (κ3) is 3.29. The van der Waals surface area contributed by atoms with Gasteiger partial charge in [0.2, 0.25) is 0 Å². The summed E-state index contributed by atoms with van der Waals surface area (Å²) in [4.78, 5) is 2.23. The van der Waals surface area contributed by atoms with E-state index in [4.69, 9.17) is 4.74 Å². The minimum Gasteiger partial charge on any atom is -0.364 e. The number of hydrogen-bond acceptors (Lipinski definition) is 3. The number of benzene rings is 2. The average Bonchev–Trinajstić information content (AvgIpc) is 2.88. The molecule has 140 valence electrons. The number of rotatable bonds is 2. The Morgan fingerprint density at radius 2 is 1.96 bits per heavy atom. The van der Waals surface area contributed by atoms with E-state index in [9.17, 15) is 4.39 Å². The Morgan fingerprint density at radius 3 is 2.81 bits per heavy atom. The first kappa shape index (κ1) is 17.7. The first-order valence-electron chi connectivity index (χ1n) is 9.41. The smallest absolute Gasteiger partial charge is 0.131 e. The van der Waals surface area contributed by atoms with Crippen molar-refractivity contribution in [2.45, 2.75) is 37.3 Å². The van der Waals surface area contributed by atoms with Gasteiger partial charge in [0.15, 0.2) is 0 Å². The van der Waals surface area contributed by atoms with Gasteiger partial charge >= 0.3 is 0 Å². The second-order valence-electron chi connectivity index (χ2n) is 8.11. The molecule has 4 heteroatoms. The van der Waals surface area contributed by atoms with Crippen molar-refractivity contribution in [2.75, 3.05) is 26.9 Å². The van der Waals surface area contributed by atoms with Crippen LogP contribution in [0.3, 0.4) is 0 Å². The van der Waals surface area contributed by atoms with E-state index in [0.29, 0.717) is 12.3 Å². The first-order chi connectivity index (χ1) is 12.5. The molecule has 2 atom stereocenters. The third-order valence-electron chi connectivity index (χ3n) is 5.99. The van der Waals surface area contributed by atoms with Crippen molar-refractivity contribution < 1.29 is 10.6 Å². The molecule has 1 N–H and O–H groups in total. The molecule has 2 heterocycles. The fourth-order valence-electron chi connectivity index (χ4n) is 4.38. The Hall–Kier alpha value is -1.75. The van der Waals surface area contributed by atoms with Crippen LogP contribution in [0.2, 0.25) is 0 Å². The number of hydrogen-bond donors (Lipinski definition) is 1. The van der Waals surface area contributed by atoms with Gasteiger partial charge in [-0.15, -0.1) is 0 Å². The Morgan fingerprint density at radius 1 is 1.12 bits per heavy atom. The second-order valence-corrected chi connectivity index (χ2v) is 8.11. The molecule has 0 unspecified atom stereocenters. The molecule has 2 aromatic carbocycles. The van der Waals surface area contributed by atoms with Crippen LogP contribution < -0.4 is 5.32 Å². The Kier molecular flexibility index (Phi) is 4.59. The van der Waals surface area contributed by atoms with Crippen molar-refractivity contribution >= 4 is 0 Å². The molecular formula is C22H29FN2O. The van der Waals surface area contributed by atoms with E-state index in [1.807, 2.05) is 24.3 Å². The van der Waals surface area contributed by atoms with Crippen LogP contribution in [0.15, 0.2) is 48.5 Å². The molecule has 0 radical (unpaired) electrons. The molecule has 1 spiro atoms. The number of ether oxygens (including phenoxy) is 1. The molecule has 0 bridgehead atoms. The third-order valence-corrected chi connectivity index (χ3v) is 5.99. The van der Waals surface area contributed by atoms with Gasteiger partial charge in [0.25, 0.3) is 0 Å². The van der Waals surface area contributed by atoms with Crippen molar-refractivity contribution in [2.24, 2.45) is 0 Å². The Balaban J connectivity index is 0.00000210. The molecular weight excluding hydrogens is 327 g/mol. The van der Waals surface area contributed by atoms with Gasteiger partial charge in [0, 0.05) is 24.6 Å². The first-order valence-corrected chi connectivity index (χ1v) is 9.41. The molecule has 2 aromatic rings. The highest BCUT2D eigenvalue weighted by molar-refractivity contribution is 5.65. The predicted octanol–water partition coefficient (Wildman–Crippen LogP) is 4.39. The van der Waals surface area contributed by atoms with Crippen molar-refractivity contribution in [3.05, 3.63) is 59.9 Å². The lowest BCUT2D eigenvalue weighted by Crippen LogP contribution is -2.50. The molecule has 0 aliphatic carbocycles. The summed E-state index contributed by atoms with van der Waals surface area (Å²) in [5.41, 5.74) is 2.72. The van der Waals surface area contributed by atoms with Gasteiger partial charge in [0.05, 0.1) is 13.3 Å². The SMILES string of the molecule is CN1CC[C@@]2(CC[C@@](C)(c3cccc(-c4ccccc4F)c3)N2)COC1.[HH]. The van der Waals surface area contributed by atoms with Gasteiger partial charge in [-0.25, -0.2) is 4.39 Å². The van der Waals surface area contributed by atoms with Gasteiger partial charge in [-0.2, -0.15) is 0 Å². The van der Waals surface area contributed by atoms with E-state index in [1.54, 1.807) is 6.07 Å². The minimum absolute atomic E-state index is 0. The molecule has 0 amide bonds. The highest BCUT2D eigenvalue weighted by atomic mass is 19.1. The van der Waals surface area contributed by atoms with Crippen molar-refractivity contribution in [3.63, 3.8) is 0 Å². The Bertz CT molecular complexity index is 801. The zero-order chi connectivity index (χ0) is 18.2. The van der Waals surface area contributed by atoms with Crippen LogP contribution in [-0.2, 0) is 10.3 Å². The largest absolute Gasteiger partial charge is 0.364 e. The summed E-state index contributed by atoms with van der Waals surface area (Å²) < 4.78 is 20.1. The summed E-state index contributed by atoms with van der Waals surface area (Å²) in [7, 11) is 2.10. The quantitative estimate of drug-likeness (QED) is 0.864. The van der Waals surface area contributed by atoms with E-state index in [0.717, 1.165) is 38.0 Å². The monoisotopic (exact) mass is 356 g/mol. The maximum Gasteiger partial charge on any atom is 0.131 e. The van der Waals surface area contributed by atoms with Crippen LogP contribution >= 0.6 is 0 Å². The lowest BCUT2D eigenvalue weighted by Gasteiger charge is -2.33. The lowest BCUT2D eigenvalue weighted by molar-refractivity contribution is 0.0399. The summed E-state index contributed by atoms with van der Waals surface area (Å²) in [5.74, 6) is -0.175. The lowest BCUT2D eigenvalue weighted by atomic mass is 9.88. The van der Waals surface area contributed by atoms with E-state index in [-0.39, 0.29) is 18.3 Å². The molecule has 26 heavy (non-hydrogen) atoms. The molecule has 2 aliphatic heterocycles. The summed E-state index contributed by atoms with van der Waals surface area (Å²) in [6.07, 6.45) is 3.24. The van der Waals surface area contributed by atoms with Gasteiger partial charge < -0.3 is 4.74 Å². The second kappa shape index (κ2) is 6.76. The van der Waals surface area contributed by atoms with Crippen molar-refractivity contribution in [3.8, 4) is 11.1 Å². The van der Waals surface area contributed by atoms with E-state index < -0.39 is 0 Å². The molecule has 0 saturated carbocycles. The number of halogens is 1. The standard InChI is InChI=1S/C22H27FN2O.H2/c1-21(10-11-22(24-21)12-13-25(2)16-26-15-22)18-7-5-6-17(14-18)19-8-3-4-9-20(19)23;/h3-9,14,24H,10-13,15-16H2,1-2H3;1H/t21-,22-;/m0./s1. The zero-order valence-electron chi connectivity index (χ0n) is 15.6. The fraction of sp³-hybridized carbons (Fsp3) is 0.455. The van der Waals surface area contributed by atoms with Crippen LogP contribution in [0, 0.1) is 5.82 Å². The summed E-state index contributed by atoms with van der Waals surface area (Å²) >= 11 is 0. The molecule has 2 saturated heterocycles. The summed E-state index contributed by atoms with van der Waals surface area (Å²) in [5, 5.41) is 3.91. The normalized spacial score (nSPS) is 29.8. The van der Waals surface area contributed by atoms with Crippen molar-refractivity contribution in [1.82, 2.24) is 10.2 Å². The van der Waals surface area contributed by atoms with E-state index in [1.165, 1.54) is 11.6 Å². The van der Waals surface area contributed by atoms with E-state index in [2.05, 4.69) is 36.3 Å². The average molecular weight is 356 g/mol. The van der Waals surface area contributed by atoms with E-state index >= 15 is 0 Å². The number of nitrogens with zero attached hydrogens (tertiary/aromatic N) is 1. The summed E-state index contributed by atoms with van der Waals surface area (Å²) in [6, 6.07) is 15.3. The molecule has 0 aromatic heterocycles. The molecule has 4 rings (SSSR count). The molecule has 2 aliphatic rings. The van der Waals surface area contributed by atoms with Crippen LogP contribution in [0.1, 0.15) is 33.2 Å². The summed E-state index contributed by atoms with van der Waals surface area (Å²) in [6.45, 7) is 4.75. The van der Waals surface area contributed by atoms with Crippen LogP contribution in [-0.4, -0.2) is 37.4 Å². The van der Waals surface area contributed by atoms with Gasteiger partial charge in [0.1, 0.15) is 5.82 Å². The maximum absolute atomic E-state index is 14.2. The van der Waals surface area contributed by atoms with Crippen LogP contribution in [0.25, 0.3) is 11.1 Å². The van der Waals surface area contributed by atoms with Crippen molar-refractivity contribution in [1.29, 1.82) is 0 Å². The molecule has 2 fully saturated rings. The topological polar surface area (TPSA) is 24.5 Å². The van der Waals surface area contributed by atoms with Gasteiger partial charge in [-0.3, -0.25) is 10.2 Å². The molecule has 3 nitrogen and oxygen atoms in total. The minimum atomic E-state index is -0.175. The van der Waals surface area contributed by atoms with Crippen LogP contribution in [0.5, 0.6) is 0 Å². The zero-order valence-corrected chi connectivity index (χ0v) is 15.6.